The van der Waals surface area contributed by atoms with Gasteiger partial charge in [-0.3, -0.25) is 4.79 Å². The van der Waals surface area contributed by atoms with Crippen LogP contribution in [0.1, 0.15) is 61.5 Å². The van der Waals surface area contributed by atoms with Crippen molar-refractivity contribution in [2.24, 2.45) is 0 Å². The molecule has 0 atom stereocenters. The number of halogens is 1. The number of carbonyl (C=O) groups is 2. The molecule has 6 rings (SSSR count). The Morgan fingerprint density at radius 1 is 1.21 bits per heavy atom. The van der Waals surface area contributed by atoms with Crippen LogP contribution in [0, 0.1) is 5.82 Å². The number of nitrogen functional groups attached to an aromatic ring is 1. The third-order valence-corrected chi connectivity index (χ3v) is 7.34. The second-order valence-corrected chi connectivity index (χ2v) is 10.3. The molecule has 4 N–H and O–H groups in total. The lowest BCUT2D eigenvalue weighted by molar-refractivity contribution is -0.130. The Morgan fingerprint density at radius 3 is 2.66 bits per heavy atom. The molecule has 4 aromatic rings. The molecule has 1 aliphatic carbocycles. The number of anilines is 2. The van der Waals surface area contributed by atoms with E-state index in [1.54, 1.807) is 24.3 Å². The number of nitrogens with one attached hydrogen (secondary N) is 1. The normalized spacial score (nSPS) is 21.1. The van der Waals surface area contributed by atoms with Crippen molar-refractivity contribution in [3.8, 4) is 11.5 Å². The van der Waals surface area contributed by atoms with Crippen LogP contribution >= 0.6 is 0 Å². The topological polar surface area (TPSA) is 158 Å². The van der Waals surface area contributed by atoms with Gasteiger partial charge in [-0.15, -0.1) is 0 Å². The van der Waals surface area contributed by atoms with Gasteiger partial charge in [-0.25, -0.2) is 18.8 Å². The lowest BCUT2D eigenvalue weighted by Gasteiger charge is -2.37. The lowest BCUT2D eigenvalue weighted by Crippen LogP contribution is -2.36. The van der Waals surface area contributed by atoms with E-state index in [4.69, 9.17) is 15.1 Å². The molecule has 1 saturated carbocycles. The Bertz CT molecular complexity index is 1600. The highest BCUT2D eigenvalue weighted by atomic mass is 19.1. The summed E-state index contributed by atoms with van der Waals surface area (Å²) in [6, 6.07) is 9.42. The average Bonchev–Trinajstić information content (AvgIpc) is 3.53. The Morgan fingerprint density at radius 2 is 1.97 bits per heavy atom. The van der Waals surface area contributed by atoms with Crippen LogP contribution in [-0.2, 0) is 15.1 Å². The summed E-state index contributed by atoms with van der Waals surface area (Å²) in [5, 5.41) is 20.1. The minimum Gasteiger partial charge on any atom is -0.451 e. The van der Waals surface area contributed by atoms with Crippen LogP contribution in [-0.4, -0.2) is 42.4 Å². The standard InChI is InChI=1S/C26H25FN6O5/c1-25(2,36)24(35)29-14-4-5-17-16(12-14)23(34)37-26(17)9-7-15(8-10-26)33-19-6-3-13(27)11-18(19)30-22(33)20-21(28)32-38-31-20/h3-6,11-12,15,36H,7-10H2,1-2H3,(H2,28,32)(H,29,35). The first-order valence-corrected chi connectivity index (χ1v) is 12.2. The number of esters is 1. The molecule has 1 aliphatic heterocycles. The maximum absolute atomic E-state index is 14.0. The van der Waals surface area contributed by atoms with Gasteiger partial charge in [-0.05, 0) is 74.1 Å². The zero-order chi connectivity index (χ0) is 26.8. The van der Waals surface area contributed by atoms with E-state index in [1.807, 2.05) is 4.57 Å². The van der Waals surface area contributed by atoms with Gasteiger partial charge in [-0.2, -0.15) is 0 Å². The van der Waals surface area contributed by atoms with Crippen molar-refractivity contribution in [3.05, 3.63) is 53.3 Å². The fraction of sp³-hybridized carbons (Fsp3) is 0.346. The Labute approximate surface area is 215 Å². The molecule has 2 aliphatic rings. The first kappa shape index (κ1) is 24.0. The lowest BCUT2D eigenvalue weighted by atomic mass is 9.77. The molecule has 0 saturated heterocycles. The van der Waals surface area contributed by atoms with E-state index in [0.29, 0.717) is 48.3 Å². The number of aliphatic hydroxyl groups is 1. The van der Waals surface area contributed by atoms with E-state index >= 15 is 0 Å². The molecule has 11 nitrogen and oxygen atoms in total. The van der Waals surface area contributed by atoms with Gasteiger partial charge in [0.25, 0.3) is 5.91 Å². The number of hydrogen-bond donors (Lipinski definition) is 3. The van der Waals surface area contributed by atoms with E-state index in [1.165, 1.54) is 26.0 Å². The second-order valence-electron chi connectivity index (χ2n) is 10.3. The van der Waals surface area contributed by atoms with Crippen LogP contribution in [0.2, 0.25) is 0 Å². The fourth-order valence-electron chi connectivity index (χ4n) is 5.42. The zero-order valence-electron chi connectivity index (χ0n) is 20.7. The fourth-order valence-corrected chi connectivity index (χ4v) is 5.42. The summed E-state index contributed by atoms with van der Waals surface area (Å²) in [7, 11) is 0. The molecule has 0 unspecified atom stereocenters. The second kappa shape index (κ2) is 8.35. The predicted molar refractivity (Wildman–Crippen MR) is 133 cm³/mol. The molecule has 38 heavy (non-hydrogen) atoms. The van der Waals surface area contributed by atoms with Crippen LogP contribution in [0.4, 0.5) is 15.9 Å². The minimum atomic E-state index is -1.56. The monoisotopic (exact) mass is 520 g/mol. The van der Waals surface area contributed by atoms with Gasteiger partial charge in [0.1, 0.15) is 17.0 Å². The number of benzene rings is 2. The Hall–Kier alpha value is -4.32. The Kier molecular flexibility index (Phi) is 5.28. The molecule has 0 radical (unpaired) electrons. The summed E-state index contributed by atoms with van der Waals surface area (Å²) in [4.78, 5) is 29.6. The molecular weight excluding hydrogens is 495 g/mol. The van der Waals surface area contributed by atoms with Gasteiger partial charge in [0, 0.05) is 23.4 Å². The maximum Gasteiger partial charge on any atom is 0.339 e. The van der Waals surface area contributed by atoms with Crippen molar-refractivity contribution in [2.45, 2.75) is 56.8 Å². The third-order valence-electron chi connectivity index (χ3n) is 7.34. The molecular formula is C26H25FN6O5. The molecule has 2 aromatic carbocycles. The first-order chi connectivity index (χ1) is 18.1. The van der Waals surface area contributed by atoms with Gasteiger partial charge in [0.2, 0.25) is 0 Å². The first-order valence-electron chi connectivity index (χ1n) is 12.2. The molecule has 1 fully saturated rings. The van der Waals surface area contributed by atoms with Crippen LogP contribution < -0.4 is 11.1 Å². The van der Waals surface area contributed by atoms with Gasteiger partial charge in [0.05, 0.1) is 16.6 Å². The van der Waals surface area contributed by atoms with Gasteiger partial charge < -0.3 is 25.5 Å². The summed E-state index contributed by atoms with van der Waals surface area (Å²) >= 11 is 0. The van der Waals surface area contributed by atoms with E-state index < -0.39 is 28.9 Å². The van der Waals surface area contributed by atoms with Gasteiger partial charge in [0.15, 0.2) is 17.3 Å². The van der Waals surface area contributed by atoms with Crippen LogP contribution in [0.25, 0.3) is 22.6 Å². The summed E-state index contributed by atoms with van der Waals surface area (Å²) in [5.74, 6) is -0.925. The molecule has 196 valence electrons. The van der Waals surface area contributed by atoms with Crippen LogP contribution in [0.3, 0.4) is 0 Å². The number of ether oxygens (including phenoxy) is 1. The number of imidazole rings is 1. The third kappa shape index (κ3) is 3.79. The average molecular weight is 521 g/mol. The number of nitrogens with two attached hydrogens (primary N) is 1. The van der Waals surface area contributed by atoms with Crippen molar-refractivity contribution in [1.82, 2.24) is 19.9 Å². The zero-order valence-corrected chi connectivity index (χ0v) is 20.7. The summed E-state index contributed by atoms with van der Waals surface area (Å²) in [5.41, 5.74) is 6.63. The predicted octanol–water partition coefficient (Wildman–Crippen LogP) is 3.70. The van der Waals surface area contributed by atoms with Gasteiger partial charge >= 0.3 is 5.97 Å². The summed E-state index contributed by atoms with van der Waals surface area (Å²) in [6.07, 6.45) is 2.34. The van der Waals surface area contributed by atoms with E-state index in [-0.39, 0.29) is 17.6 Å². The molecule has 1 amide bonds. The van der Waals surface area contributed by atoms with E-state index in [9.17, 15) is 19.1 Å². The SMILES string of the molecule is CC(C)(O)C(=O)Nc1ccc2c(c1)C(=O)OC21CCC(n2c(-c3nonc3N)nc3cc(F)ccc32)CC1. The molecule has 1 spiro atoms. The van der Waals surface area contributed by atoms with Crippen molar-refractivity contribution in [2.75, 3.05) is 11.1 Å². The van der Waals surface area contributed by atoms with Crippen molar-refractivity contribution < 1.29 is 28.5 Å². The number of amides is 1. The van der Waals surface area contributed by atoms with Crippen molar-refractivity contribution in [3.63, 3.8) is 0 Å². The largest absolute Gasteiger partial charge is 0.451 e. The highest BCUT2D eigenvalue weighted by Gasteiger charge is 2.48. The van der Waals surface area contributed by atoms with Gasteiger partial charge in [-0.1, -0.05) is 6.07 Å². The Balaban J connectivity index is 1.31. The molecule has 2 aromatic heterocycles. The van der Waals surface area contributed by atoms with Crippen LogP contribution in [0.5, 0.6) is 0 Å². The number of aromatic nitrogens is 4. The number of fused-ring (bicyclic) bond motifs is 3. The smallest absolute Gasteiger partial charge is 0.339 e. The molecule has 0 bridgehead atoms. The number of rotatable bonds is 4. The van der Waals surface area contributed by atoms with Crippen LogP contribution in [0.15, 0.2) is 41.0 Å². The summed E-state index contributed by atoms with van der Waals surface area (Å²) < 4.78 is 26.7. The van der Waals surface area contributed by atoms with E-state index in [0.717, 1.165) is 11.1 Å². The number of nitrogens with zero attached hydrogens (tertiary/aromatic N) is 4. The van der Waals surface area contributed by atoms with Crippen molar-refractivity contribution in [1.29, 1.82) is 0 Å². The number of hydrogen-bond acceptors (Lipinski definition) is 9. The number of carbonyl (C=O) groups excluding carboxylic acids is 2. The maximum atomic E-state index is 14.0. The molecule has 12 heteroatoms. The highest BCUT2D eigenvalue weighted by Crippen LogP contribution is 2.50. The highest BCUT2D eigenvalue weighted by molar-refractivity contribution is 6.00. The summed E-state index contributed by atoms with van der Waals surface area (Å²) in [6.45, 7) is 2.77. The molecule has 3 heterocycles. The van der Waals surface area contributed by atoms with Crippen molar-refractivity contribution >= 4 is 34.4 Å². The minimum absolute atomic E-state index is 0.0599. The van der Waals surface area contributed by atoms with E-state index in [2.05, 4.69) is 20.6 Å². The quantitative estimate of drug-likeness (QED) is 0.341.